The van der Waals surface area contributed by atoms with Crippen molar-refractivity contribution in [3.8, 4) is 12.3 Å². The van der Waals surface area contributed by atoms with Gasteiger partial charge in [-0.25, -0.2) is 4.98 Å². The summed E-state index contributed by atoms with van der Waals surface area (Å²) in [5.41, 5.74) is 7.59. The van der Waals surface area contributed by atoms with Crippen LogP contribution in [-0.2, 0) is 6.54 Å². The second-order valence-corrected chi connectivity index (χ2v) is 6.70. The van der Waals surface area contributed by atoms with Crippen LogP contribution in [0.25, 0.3) is 0 Å². The summed E-state index contributed by atoms with van der Waals surface area (Å²) in [7, 11) is 0. The highest BCUT2D eigenvalue weighted by atomic mass is 15.1. The average Bonchev–Trinajstić information content (AvgIpc) is 3.02. The highest BCUT2D eigenvalue weighted by molar-refractivity contribution is 5.42. The third kappa shape index (κ3) is 2.95. The first-order valence-corrected chi connectivity index (χ1v) is 8.60. The van der Waals surface area contributed by atoms with Gasteiger partial charge < -0.3 is 10.3 Å². The van der Waals surface area contributed by atoms with Gasteiger partial charge in [0.2, 0.25) is 0 Å². The van der Waals surface area contributed by atoms with Crippen molar-refractivity contribution in [2.75, 3.05) is 5.73 Å². The third-order valence-electron chi connectivity index (χ3n) is 5.28. The van der Waals surface area contributed by atoms with Gasteiger partial charge in [-0.3, -0.25) is 0 Å². The number of rotatable bonds is 3. The van der Waals surface area contributed by atoms with Crippen LogP contribution < -0.4 is 5.73 Å². The summed E-state index contributed by atoms with van der Waals surface area (Å²) in [5.74, 6) is 5.90. The van der Waals surface area contributed by atoms with E-state index >= 15 is 0 Å². The van der Waals surface area contributed by atoms with Gasteiger partial charge >= 0.3 is 0 Å². The molecule has 2 aliphatic rings. The molecule has 0 aromatic carbocycles. The lowest BCUT2D eigenvalue weighted by atomic mass is 9.96. The summed E-state index contributed by atoms with van der Waals surface area (Å²) >= 11 is 0. The molecule has 0 spiro atoms. The molecule has 3 heteroatoms. The zero-order valence-electron chi connectivity index (χ0n) is 13.0. The molecule has 0 radical (unpaired) electrons. The average molecular weight is 285 g/mol. The molecule has 2 N–H and O–H groups in total. The Bertz CT molecular complexity index is 509. The number of imidazole rings is 1. The number of anilines is 1. The van der Waals surface area contributed by atoms with Crippen LogP contribution in [0, 0.1) is 12.3 Å². The topological polar surface area (TPSA) is 43.8 Å². The van der Waals surface area contributed by atoms with Crippen molar-refractivity contribution in [3.05, 3.63) is 11.5 Å². The predicted molar refractivity (Wildman–Crippen MR) is 87.1 cm³/mol. The molecule has 1 heterocycles. The van der Waals surface area contributed by atoms with Crippen molar-refractivity contribution in [1.29, 1.82) is 0 Å². The fourth-order valence-corrected chi connectivity index (χ4v) is 4.11. The molecule has 2 aliphatic carbocycles. The lowest BCUT2D eigenvalue weighted by Gasteiger charge is -2.12. The van der Waals surface area contributed by atoms with Gasteiger partial charge in [-0.2, -0.15) is 0 Å². The highest BCUT2D eigenvalue weighted by Crippen LogP contribution is 2.39. The first kappa shape index (κ1) is 14.5. The molecule has 0 saturated heterocycles. The van der Waals surface area contributed by atoms with E-state index in [-0.39, 0.29) is 0 Å². The Morgan fingerprint density at radius 1 is 1.00 bits per heavy atom. The molecule has 2 fully saturated rings. The van der Waals surface area contributed by atoms with Gasteiger partial charge in [-0.15, -0.1) is 6.42 Å². The van der Waals surface area contributed by atoms with Crippen molar-refractivity contribution in [2.24, 2.45) is 0 Å². The maximum absolute atomic E-state index is 6.44. The molecule has 21 heavy (non-hydrogen) atoms. The number of aromatic nitrogens is 2. The molecule has 1 aromatic heterocycles. The van der Waals surface area contributed by atoms with Crippen molar-refractivity contribution in [2.45, 2.75) is 82.6 Å². The molecule has 114 valence electrons. The van der Waals surface area contributed by atoms with Crippen molar-refractivity contribution >= 4 is 5.82 Å². The van der Waals surface area contributed by atoms with E-state index in [2.05, 4.69) is 10.5 Å². The molecule has 1 aromatic rings. The molecule has 3 rings (SSSR count). The van der Waals surface area contributed by atoms with Gasteiger partial charge in [0.05, 0.1) is 12.2 Å². The fraction of sp³-hybridized carbons (Fsp3) is 0.722. The molecule has 3 nitrogen and oxygen atoms in total. The monoisotopic (exact) mass is 285 g/mol. The Morgan fingerprint density at radius 2 is 1.57 bits per heavy atom. The second kappa shape index (κ2) is 6.56. The van der Waals surface area contributed by atoms with Crippen LogP contribution in [-0.4, -0.2) is 9.55 Å². The normalized spacial score (nSPS) is 21.3. The van der Waals surface area contributed by atoms with Gasteiger partial charge in [-0.05, 0) is 25.7 Å². The van der Waals surface area contributed by atoms with E-state index in [0.29, 0.717) is 18.4 Å². The highest BCUT2D eigenvalue weighted by Gasteiger charge is 2.28. The van der Waals surface area contributed by atoms with E-state index in [0.717, 1.165) is 11.5 Å². The maximum Gasteiger partial charge on any atom is 0.127 e. The zero-order valence-corrected chi connectivity index (χ0v) is 13.0. The smallest absolute Gasteiger partial charge is 0.127 e. The fourth-order valence-electron chi connectivity index (χ4n) is 4.11. The third-order valence-corrected chi connectivity index (χ3v) is 5.28. The van der Waals surface area contributed by atoms with E-state index in [1.54, 1.807) is 0 Å². The van der Waals surface area contributed by atoms with E-state index < -0.39 is 0 Å². The number of nitrogen functional groups attached to an aromatic ring is 1. The Hall–Kier alpha value is -1.43. The first-order valence-electron chi connectivity index (χ1n) is 8.60. The quantitative estimate of drug-likeness (QED) is 0.668. The number of nitrogens with zero attached hydrogens (tertiary/aromatic N) is 2. The van der Waals surface area contributed by atoms with Gasteiger partial charge in [0.15, 0.2) is 0 Å². The molecule has 0 atom stereocenters. The SMILES string of the molecule is C#CCn1c(C2CCCC2)nc(C2CCCCCC2)c1N. The molecular formula is C18H27N3. The summed E-state index contributed by atoms with van der Waals surface area (Å²) in [5, 5.41) is 0. The Labute approximate surface area is 128 Å². The Balaban J connectivity index is 1.92. The predicted octanol–water partition coefficient (Wildman–Crippen LogP) is 4.19. The molecule has 0 unspecified atom stereocenters. The molecular weight excluding hydrogens is 258 g/mol. The summed E-state index contributed by atoms with van der Waals surface area (Å²) < 4.78 is 2.12. The van der Waals surface area contributed by atoms with Crippen LogP contribution in [0.5, 0.6) is 0 Å². The van der Waals surface area contributed by atoms with Gasteiger partial charge in [-0.1, -0.05) is 44.4 Å². The minimum atomic E-state index is 0.548. The van der Waals surface area contributed by atoms with Crippen LogP contribution in [0.2, 0.25) is 0 Å². The minimum absolute atomic E-state index is 0.548. The standard InChI is InChI=1S/C18H27N3/c1-2-13-21-17(19)16(14-9-5-3-4-6-10-14)20-18(21)15-11-7-8-12-15/h1,14-15H,3-13,19H2. The Kier molecular flexibility index (Phi) is 4.53. The molecule has 0 bridgehead atoms. The van der Waals surface area contributed by atoms with Gasteiger partial charge in [0, 0.05) is 11.8 Å². The second-order valence-electron chi connectivity index (χ2n) is 6.70. The van der Waals surface area contributed by atoms with Crippen molar-refractivity contribution in [3.63, 3.8) is 0 Å². The van der Waals surface area contributed by atoms with Crippen molar-refractivity contribution < 1.29 is 0 Å². The van der Waals surface area contributed by atoms with Crippen molar-refractivity contribution in [1.82, 2.24) is 9.55 Å². The molecule has 0 amide bonds. The van der Waals surface area contributed by atoms with E-state index in [4.69, 9.17) is 17.1 Å². The Morgan fingerprint density at radius 3 is 2.19 bits per heavy atom. The lowest BCUT2D eigenvalue weighted by molar-refractivity contribution is 0.576. The van der Waals surface area contributed by atoms with Crippen LogP contribution >= 0.6 is 0 Å². The van der Waals surface area contributed by atoms with Gasteiger partial charge in [0.25, 0.3) is 0 Å². The number of nitrogens with two attached hydrogens (primary N) is 1. The summed E-state index contributed by atoms with van der Waals surface area (Å²) in [4.78, 5) is 5.02. The van der Waals surface area contributed by atoms with E-state index in [1.807, 2.05) is 0 Å². The maximum atomic E-state index is 6.44. The van der Waals surface area contributed by atoms with E-state index in [9.17, 15) is 0 Å². The van der Waals surface area contributed by atoms with Crippen LogP contribution in [0.15, 0.2) is 0 Å². The van der Waals surface area contributed by atoms with Gasteiger partial charge in [0.1, 0.15) is 11.6 Å². The van der Waals surface area contributed by atoms with E-state index in [1.165, 1.54) is 70.0 Å². The number of hydrogen-bond acceptors (Lipinski definition) is 2. The summed E-state index contributed by atoms with van der Waals surface area (Å²) in [6, 6.07) is 0. The largest absolute Gasteiger partial charge is 0.384 e. The minimum Gasteiger partial charge on any atom is -0.384 e. The first-order chi connectivity index (χ1) is 10.3. The summed E-state index contributed by atoms with van der Waals surface area (Å²) in [6.07, 6.45) is 18.5. The van der Waals surface area contributed by atoms with Crippen LogP contribution in [0.4, 0.5) is 5.82 Å². The van der Waals surface area contributed by atoms with Crippen LogP contribution in [0.3, 0.4) is 0 Å². The number of hydrogen-bond donors (Lipinski definition) is 1. The molecule has 0 aliphatic heterocycles. The molecule has 2 saturated carbocycles. The van der Waals surface area contributed by atoms with Crippen LogP contribution in [0.1, 0.15) is 87.6 Å². The lowest BCUT2D eigenvalue weighted by Crippen LogP contribution is -2.09. The zero-order chi connectivity index (χ0) is 14.7. The summed E-state index contributed by atoms with van der Waals surface area (Å²) in [6.45, 7) is 0.567. The number of terminal acetylenes is 1.